The maximum atomic E-state index is 2.51. The van der Waals surface area contributed by atoms with E-state index >= 15 is 0 Å². The largest absolute Gasteiger partial charge is 0.310 e. The van der Waals surface area contributed by atoms with E-state index in [1.807, 2.05) is 0 Å². The molecule has 0 amide bonds. The molecular weight excluding hydrogens is 615 g/mol. The molecule has 0 saturated heterocycles. The Morgan fingerprint density at radius 2 is 1.14 bits per heavy atom. The van der Waals surface area contributed by atoms with Crippen LogP contribution < -0.4 is 4.90 Å². The van der Waals surface area contributed by atoms with Gasteiger partial charge in [-0.05, 0) is 166 Å². The molecule has 0 aromatic heterocycles. The van der Waals surface area contributed by atoms with Crippen LogP contribution in [0.4, 0.5) is 17.1 Å². The Morgan fingerprint density at radius 3 is 1.84 bits per heavy atom. The molecule has 4 aliphatic rings. The number of hydrogen-bond donors (Lipinski definition) is 0. The molecule has 2 bridgehead atoms. The second-order valence-corrected chi connectivity index (χ2v) is 16.9. The summed E-state index contributed by atoms with van der Waals surface area (Å²) in [7, 11) is 0. The number of fused-ring (bicyclic) bond motifs is 6. The first-order valence-electron chi connectivity index (χ1n) is 19.7. The van der Waals surface area contributed by atoms with E-state index in [1.54, 1.807) is 5.56 Å². The van der Waals surface area contributed by atoms with Crippen molar-refractivity contribution in [2.45, 2.75) is 94.8 Å². The van der Waals surface area contributed by atoms with E-state index in [2.05, 4.69) is 146 Å². The molecule has 0 heterocycles. The van der Waals surface area contributed by atoms with Gasteiger partial charge < -0.3 is 4.90 Å². The number of benzene rings is 6. The van der Waals surface area contributed by atoms with Crippen molar-refractivity contribution in [2.24, 2.45) is 5.92 Å². The van der Waals surface area contributed by atoms with Gasteiger partial charge in [0.25, 0.3) is 0 Å². The highest BCUT2D eigenvalue weighted by molar-refractivity contribution is 5.90. The Labute approximate surface area is 304 Å². The summed E-state index contributed by atoms with van der Waals surface area (Å²) in [5.74, 6) is 1.66. The van der Waals surface area contributed by atoms with E-state index in [0.29, 0.717) is 11.3 Å². The average molecular weight is 664 g/mol. The van der Waals surface area contributed by atoms with Gasteiger partial charge >= 0.3 is 0 Å². The van der Waals surface area contributed by atoms with Crippen LogP contribution in [0.1, 0.15) is 106 Å². The van der Waals surface area contributed by atoms with Gasteiger partial charge in [0.15, 0.2) is 0 Å². The van der Waals surface area contributed by atoms with Crippen molar-refractivity contribution in [3.63, 3.8) is 0 Å². The number of nitrogens with zero attached hydrogens (tertiary/aromatic N) is 1. The zero-order valence-electron chi connectivity index (χ0n) is 30.3. The minimum Gasteiger partial charge on any atom is -0.310 e. The molecule has 1 heteroatoms. The Balaban J connectivity index is 1.03. The molecular formula is C50H49N. The van der Waals surface area contributed by atoms with Gasteiger partial charge in [-0.1, -0.05) is 112 Å². The monoisotopic (exact) mass is 663 g/mol. The Kier molecular flexibility index (Phi) is 7.31. The summed E-state index contributed by atoms with van der Waals surface area (Å²) in [5, 5.41) is 2.58. The van der Waals surface area contributed by atoms with Crippen LogP contribution in [0.2, 0.25) is 0 Å². The first-order valence-corrected chi connectivity index (χ1v) is 19.7. The summed E-state index contributed by atoms with van der Waals surface area (Å²) in [6.45, 7) is 4.83. The maximum Gasteiger partial charge on any atom is 0.0465 e. The van der Waals surface area contributed by atoms with Gasteiger partial charge in [-0.15, -0.1) is 0 Å². The summed E-state index contributed by atoms with van der Waals surface area (Å²) in [4.78, 5) is 2.51. The summed E-state index contributed by atoms with van der Waals surface area (Å²) in [6, 6.07) is 49.3. The predicted octanol–water partition coefficient (Wildman–Crippen LogP) is 14.2. The minimum absolute atomic E-state index is 0.117. The molecule has 0 N–H and O–H groups in total. The standard InChI is InChI=1S/C50H49N/c1-49(2)47-31-40(39-13-12-36-10-6-7-11-38(36)30-39)16-24-45(47)46-25-23-44(32-48(46)49)51(42-19-14-37(15-20-42)35-8-4-3-5-9-35)43-21-17-41(18-22-43)50-28-26-34(33-50)27-29-50/h6-7,10-25,30-32,34-35H,3-5,8-9,26-29,33H2,1-2H3. The normalized spacial score (nSPS) is 21.9. The van der Waals surface area contributed by atoms with Gasteiger partial charge in [-0.3, -0.25) is 0 Å². The molecule has 0 spiro atoms. The lowest BCUT2D eigenvalue weighted by Gasteiger charge is -2.30. The third-order valence-electron chi connectivity index (χ3n) is 13.7. The van der Waals surface area contributed by atoms with E-state index in [0.717, 1.165) is 5.92 Å². The summed E-state index contributed by atoms with van der Waals surface area (Å²) in [5.41, 5.74) is 15.2. The van der Waals surface area contributed by atoms with Crippen molar-refractivity contribution >= 4 is 27.8 Å². The van der Waals surface area contributed by atoms with Crippen molar-refractivity contribution in [2.75, 3.05) is 4.90 Å². The molecule has 6 aromatic rings. The minimum atomic E-state index is -0.117. The lowest BCUT2D eigenvalue weighted by atomic mass is 9.78. The third-order valence-corrected chi connectivity index (χ3v) is 13.7. The van der Waals surface area contributed by atoms with Gasteiger partial charge in [0.1, 0.15) is 0 Å². The maximum absolute atomic E-state index is 2.51. The molecule has 4 aliphatic carbocycles. The van der Waals surface area contributed by atoms with Crippen molar-refractivity contribution < 1.29 is 0 Å². The molecule has 0 radical (unpaired) electrons. The summed E-state index contributed by atoms with van der Waals surface area (Å²) in [6.07, 6.45) is 13.7. The number of hydrogen-bond acceptors (Lipinski definition) is 1. The molecule has 254 valence electrons. The Bertz CT molecular complexity index is 2240. The van der Waals surface area contributed by atoms with E-state index < -0.39 is 0 Å². The molecule has 0 atom stereocenters. The van der Waals surface area contributed by atoms with Gasteiger partial charge in [0, 0.05) is 22.5 Å². The van der Waals surface area contributed by atoms with Crippen LogP contribution in [-0.4, -0.2) is 0 Å². The third kappa shape index (κ3) is 5.18. The fourth-order valence-corrected chi connectivity index (χ4v) is 10.8. The second kappa shape index (κ2) is 12.0. The van der Waals surface area contributed by atoms with Crippen molar-refractivity contribution in [1.29, 1.82) is 0 Å². The van der Waals surface area contributed by atoms with Crippen LogP contribution in [0.5, 0.6) is 0 Å². The second-order valence-electron chi connectivity index (χ2n) is 16.9. The van der Waals surface area contributed by atoms with E-state index in [4.69, 9.17) is 0 Å². The first kappa shape index (κ1) is 31.1. The predicted molar refractivity (Wildman–Crippen MR) is 216 cm³/mol. The number of anilines is 3. The lowest BCUT2D eigenvalue weighted by molar-refractivity contribution is 0.419. The van der Waals surface area contributed by atoms with Crippen LogP contribution in [0.3, 0.4) is 0 Å². The SMILES string of the molecule is CC1(C)c2cc(-c3ccc4ccccc4c3)ccc2-c2ccc(N(c3ccc(C4CCCCC4)cc3)c3ccc(C45CCC(CC4)C5)cc3)cc21. The lowest BCUT2D eigenvalue weighted by Crippen LogP contribution is -2.20. The topological polar surface area (TPSA) is 3.24 Å². The highest BCUT2D eigenvalue weighted by Crippen LogP contribution is 2.56. The fraction of sp³-hybridized carbons (Fsp3) is 0.320. The molecule has 51 heavy (non-hydrogen) atoms. The molecule has 0 aliphatic heterocycles. The quantitative estimate of drug-likeness (QED) is 0.171. The summed E-state index contributed by atoms with van der Waals surface area (Å²) < 4.78 is 0. The van der Waals surface area contributed by atoms with Gasteiger partial charge in [0.05, 0.1) is 0 Å². The van der Waals surface area contributed by atoms with E-state index in [1.165, 1.54) is 131 Å². The van der Waals surface area contributed by atoms with Crippen molar-refractivity contribution in [3.8, 4) is 22.3 Å². The smallest absolute Gasteiger partial charge is 0.0465 e. The molecule has 3 saturated carbocycles. The fourth-order valence-electron chi connectivity index (χ4n) is 10.8. The van der Waals surface area contributed by atoms with Crippen LogP contribution in [0.15, 0.2) is 127 Å². The zero-order chi connectivity index (χ0) is 34.2. The molecule has 6 aromatic carbocycles. The van der Waals surface area contributed by atoms with Gasteiger partial charge in [-0.25, -0.2) is 0 Å². The van der Waals surface area contributed by atoms with E-state index in [-0.39, 0.29) is 5.41 Å². The summed E-state index contributed by atoms with van der Waals surface area (Å²) >= 11 is 0. The highest BCUT2D eigenvalue weighted by atomic mass is 15.1. The van der Waals surface area contributed by atoms with Crippen LogP contribution in [0, 0.1) is 5.92 Å². The molecule has 10 rings (SSSR count). The van der Waals surface area contributed by atoms with Crippen LogP contribution >= 0.6 is 0 Å². The Hall–Kier alpha value is -4.62. The number of rotatable bonds is 6. The van der Waals surface area contributed by atoms with Crippen molar-refractivity contribution in [3.05, 3.63) is 150 Å². The van der Waals surface area contributed by atoms with E-state index in [9.17, 15) is 0 Å². The highest BCUT2D eigenvalue weighted by Gasteiger charge is 2.45. The molecule has 1 nitrogen and oxygen atoms in total. The van der Waals surface area contributed by atoms with Gasteiger partial charge in [-0.2, -0.15) is 0 Å². The van der Waals surface area contributed by atoms with Crippen LogP contribution in [0.25, 0.3) is 33.0 Å². The van der Waals surface area contributed by atoms with Gasteiger partial charge in [0.2, 0.25) is 0 Å². The zero-order valence-corrected chi connectivity index (χ0v) is 30.3. The van der Waals surface area contributed by atoms with Crippen LogP contribution in [-0.2, 0) is 10.8 Å². The first-order chi connectivity index (χ1) is 24.9. The molecule has 0 unspecified atom stereocenters. The molecule has 3 fully saturated rings. The van der Waals surface area contributed by atoms with Crippen molar-refractivity contribution in [1.82, 2.24) is 0 Å². The average Bonchev–Trinajstić information content (AvgIpc) is 3.87. The Morgan fingerprint density at radius 1 is 0.529 bits per heavy atom.